The van der Waals surface area contributed by atoms with Crippen LogP contribution in [0.1, 0.15) is 19.8 Å². The third-order valence-electron chi connectivity index (χ3n) is 2.99. The first-order valence-corrected chi connectivity index (χ1v) is 6.46. The lowest BCUT2D eigenvalue weighted by Gasteiger charge is -2.32. The maximum absolute atomic E-state index is 13.4. The second kappa shape index (κ2) is 5.57. The number of piperazine rings is 1. The molecule has 1 unspecified atom stereocenters. The van der Waals surface area contributed by atoms with Crippen molar-refractivity contribution in [2.24, 2.45) is 0 Å². The topological polar surface area (TPSA) is 49.4 Å². The number of carbonyl (C=O) groups is 2. The summed E-state index contributed by atoms with van der Waals surface area (Å²) in [5.41, 5.74) is 0.350. The summed E-state index contributed by atoms with van der Waals surface area (Å²) in [5, 5.41) is 2.63. The standard InChI is InChI=1S/C13H14ClFN2O2/c1-2-3-11-13(19)17(7-12(18)16-11)8-4-5-9(14)10(15)6-8/h4-6,11H,2-3,7H2,1H3,(H,16,18). The van der Waals surface area contributed by atoms with Gasteiger partial charge >= 0.3 is 0 Å². The van der Waals surface area contributed by atoms with Crippen molar-refractivity contribution in [2.75, 3.05) is 11.4 Å². The fourth-order valence-electron chi connectivity index (χ4n) is 2.07. The molecule has 1 fully saturated rings. The van der Waals surface area contributed by atoms with Crippen LogP contribution in [-0.2, 0) is 9.59 Å². The molecule has 6 heteroatoms. The van der Waals surface area contributed by atoms with Gasteiger partial charge in [-0.05, 0) is 24.6 Å². The van der Waals surface area contributed by atoms with Gasteiger partial charge < -0.3 is 10.2 Å². The summed E-state index contributed by atoms with van der Waals surface area (Å²) in [6.45, 7) is 1.83. The Bertz CT molecular complexity index is 521. The van der Waals surface area contributed by atoms with Crippen LogP contribution in [0.2, 0.25) is 5.02 Å². The number of amides is 2. The molecule has 1 heterocycles. The number of nitrogens with zero attached hydrogens (tertiary/aromatic N) is 1. The highest BCUT2D eigenvalue weighted by Gasteiger charge is 2.32. The molecule has 0 spiro atoms. The average molecular weight is 285 g/mol. The molecule has 1 aliphatic heterocycles. The molecule has 1 saturated heterocycles. The predicted molar refractivity (Wildman–Crippen MR) is 70.6 cm³/mol. The van der Waals surface area contributed by atoms with Crippen molar-refractivity contribution in [1.29, 1.82) is 0 Å². The van der Waals surface area contributed by atoms with Crippen molar-refractivity contribution >= 4 is 29.1 Å². The lowest BCUT2D eigenvalue weighted by molar-refractivity contribution is -0.131. The number of nitrogens with one attached hydrogen (secondary N) is 1. The molecule has 1 atom stereocenters. The lowest BCUT2D eigenvalue weighted by atomic mass is 10.1. The zero-order valence-electron chi connectivity index (χ0n) is 10.5. The predicted octanol–water partition coefficient (Wildman–Crippen LogP) is 2.11. The second-order valence-electron chi connectivity index (χ2n) is 4.43. The van der Waals surface area contributed by atoms with Gasteiger partial charge in [0, 0.05) is 5.69 Å². The van der Waals surface area contributed by atoms with Crippen molar-refractivity contribution in [2.45, 2.75) is 25.8 Å². The zero-order valence-corrected chi connectivity index (χ0v) is 11.2. The van der Waals surface area contributed by atoms with Crippen molar-refractivity contribution in [3.8, 4) is 0 Å². The third-order valence-corrected chi connectivity index (χ3v) is 3.30. The van der Waals surface area contributed by atoms with Gasteiger partial charge in [0.25, 0.3) is 0 Å². The molecule has 0 radical (unpaired) electrons. The van der Waals surface area contributed by atoms with Crippen molar-refractivity contribution in [3.63, 3.8) is 0 Å². The molecule has 4 nitrogen and oxygen atoms in total. The van der Waals surface area contributed by atoms with Crippen molar-refractivity contribution in [1.82, 2.24) is 5.32 Å². The highest BCUT2D eigenvalue weighted by atomic mass is 35.5. The SMILES string of the molecule is CCCC1NC(=O)CN(c2ccc(Cl)c(F)c2)C1=O. The molecule has 2 amide bonds. The van der Waals surface area contributed by atoms with Gasteiger partial charge in [0.1, 0.15) is 18.4 Å². The van der Waals surface area contributed by atoms with Crippen molar-refractivity contribution in [3.05, 3.63) is 29.0 Å². The van der Waals surface area contributed by atoms with E-state index >= 15 is 0 Å². The van der Waals surface area contributed by atoms with Crippen LogP contribution < -0.4 is 10.2 Å². The smallest absolute Gasteiger partial charge is 0.250 e. The average Bonchev–Trinajstić information content (AvgIpc) is 2.37. The van der Waals surface area contributed by atoms with E-state index in [4.69, 9.17) is 11.6 Å². The summed E-state index contributed by atoms with van der Waals surface area (Å²) >= 11 is 5.61. The number of carbonyl (C=O) groups excluding carboxylic acids is 2. The van der Waals surface area contributed by atoms with Gasteiger partial charge in [-0.1, -0.05) is 24.9 Å². The van der Waals surface area contributed by atoms with Gasteiger partial charge in [0.2, 0.25) is 11.8 Å². The van der Waals surface area contributed by atoms with Crippen LogP contribution in [0.3, 0.4) is 0 Å². The van der Waals surface area contributed by atoms with Crippen LogP contribution >= 0.6 is 11.6 Å². The fraction of sp³-hybridized carbons (Fsp3) is 0.385. The number of halogens is 2. The third kappa shape index (κ3) is 2.87. The minimum atomic E-state index is -0.606. The molecular weight excluding hydrogens is 271 g/mol. The summed E-state index contributed by atoms with van der Waals surface area (Å²) in [6, 6.07) is 3.54. The summed E-state index contributed by atoms with van der Waals surface area (Å²) in [5.74, 6) is -1.07. The van der Waals surface area contributed by atoms with Crippen LogP contribution in [-0.4, -0.2) is 24.4 Å². The number of rotatable bonds is 3. The molecule has 1 aromatic rings. The highest BCUT2D eigenvalue weighted by Crippen LogP contribution is 2.24. The zero-order chi connectivity index (χ0) is 14.0. The molecule has 1 aliphatic rings. The molecule has 2 rings (SSSR count). The monoisotopic (exact) mass is 284 g/mol. The summed E-state index contributed by atoms with van der Waals surface area (Å²) in [4.78, 5) is 25.1. The van der Waals surface area contributed by atoms with E-state index in [-0.39, 0.29) is 23.4 Å². The van der Waals surface area contributed by atoms with E-state index < -0.39 is 11.9 Å². The van der Waals surface area contributed by atoms with Gasteiger partial charge in [-0.2, -0.15) is 0 Å². The number of anilines is 1. The molecule has 0 aliphatic carbocycles. The Morgan fingerprint density at radius 3 is 2.84 bits per heavy atom. The van der Waals surface area contributed by atoms with E-state index in [1.807, 2.05) is 6.92 Å². The fourth-order valence-corrected chi connectivity index (χ4v) is 2.18. The lowest BCUT2D eigenvalue weighted by Crippen LogP contribution is -2.58. The van der Waals surface area contributed by atoms with Gasteiger partial charge in [-0.15, -0.1) is 0 Å². The minimum absolute atomic E-state index is 0.0113. The van der Waals surface area contributed by atoms with Crippen LogP contribution in [0, 0.1) is 5.82 Å². The van der Waals surface area contributed by atoms with Crippen LogP contribution in [0.15, 0.2) is 18.2 Å². The highest BCUT2D eigenvalue weighted by molar-refractivity contribution is 6.30. The molecule has 0 bridgehead atoms. The first-order chi connectivity index (χ1) is 9.02. The first kappa shape index (κ1) is 13.8. The van der Waals surface area contributed by atoms with Crippen molar-refractivity contribution < 1.29 is 14.0 Å². The second-order valence-corrected chi connectivity index (χ2v) is 4.84. The normalized spacial score (nSPS) is 19.5. The van der Waals surface area contributed by atoms with E-state index in [0.717, 1.165) is 6.42 Å². The summed E-state index contributed by atoms with van der Waals surface area (Å²) in [7, 11) is 0. The number of hydrogen-bond acceptors (Lipinski definition) is 2. The van der Waals surface area contributed by atoms with Gasteiger partial charge in [0.05, 0.1) is 5.02 Å². The quantitative estimate of drug-likeness (QED) is 0.924. The van der Waals surface area contributed by atoms with Crippen LogP contribution in [0.4, 0.5) is 10.1 Å². The molecule has 102 valence electrons. The molecule has 1 N–H and O–H groups in total. The maximum atomic E-state index is 13.4. The Kier molecular flexibility index (Phi) is 4.04. The minimum Gasteiger partial charge on any atom is -0.343 e. The number of hydrogen-bond donors (Lipinski definition) is 1. The largest absolute Gasteiger partial charge is 0.343 e. The first-order valence-electron chi connectivity index (χ1n) is 6.08. The van der Waals surface area contributed by atoms with E-state index in [1.165, 1.54) is 23.1 Å². The van der Waals surface area contributed by atoms with E-state index in [1.54, 1.807) is 0 Å². The molecule has 1 aromatic carbocycles. The van der Waals surface area contributed by atoms with Gasteiger partial charge in [0.15, 0.2) is 0 Å². The Balaban J connectivity index is 2.28. The number of benzene rings is 1. The van der Waals surface area contributed by atoms with E-state index in [2.05, 4.69) is 5.32 Å². The summed E-state index contributed by atoms with van der Waals surface area (Å²) in [6.07, 6.45) is 1.34. The summed E-state index contributed by atoms with van der Waals surface area (Å²) < 4.78 is 13.4. The van der Waals surface area contributed by atoms with E-state index in [0.29, 0.717) is 12.1 Å². The van der Waals surface area contributed by atoms with Gasteiger partial charge in [-0.25, -0.2) is 4.39 Å². The molecule has 0 aromatic heterocycles. The van der Waals surface area contributed by atoms with Gasteiger partial charge in [-0.3, -0.25) is 9.59 Å². The molecular formula is C13H14ClFN2O2. The van der Waals surface area contributed by atoms with E-state index in [9.17, 15) is 14.0 Å². The molecule has 19 heavy (non-hydrogen) atoms. The Morgan fingerprint density at radius 1 is 1.47 bits per heavy atom. The maximum Gasteiger partial charge on any atom is 0.250 e. The molecule has 0 saturated carbocycles. The van der Waals surface area contributed by atoms with Crippen LogP contribution in [0.5, 0.6) is 0 Å². The Morgan fingerprint density at radius 2 is 2.21 bits per heavy atom. The van der Waals surface area contributed by atoms with Crippen LogP contribution in [0.25, 0.3) is 0 Å². The Labute approximate surface area is 115 Å². The Hall–Kier alpha value is -1.62.